The Kier molecular flexibility index (Phi) is 32.7. The molecule has 0 spiro atoms. The van der Waals surface area contributed by atoms with Crippen molar-refractivity contribution in [2.24, 2.45) is 17.3 Å². The van der Waals surface area contributed by atoms with Crippen molar-refractivity contribution >= 4 is 84.8 Å². The molecule has 28 nitrogen and oxygen atoms in total. The van der Waals surface area contributed by atoms with Crippen LogP contribution in [0.15, 0.2) is 182 Å². The third-order valence-electron chi connectivity index (χ3n) is 16.0. The van der Waals surface area contributed by atoms with E-state index < -0.39 is 185 Å². The number of carbonyl (C=O) groups is 14. The molecule has 0 saturated carbocycles. The Morgan fingerprint density at radius 2 is 0.689 bits per heavy atom. The van der Waals surface area contributed by atoms with Gasteiger partial charge in [-0.05, 0) is 59.1 Å². The fourth-order valence-corrected chi connectivity index (χ4v) is 10.5. The molecule has 544 valence electrons. The van der Waals surface area contributed by atoms with Crippen molar-refractivity contribution in [2.75, 3.05) is 39.6 Å². The fraction of sp³-hybridized carbons (Fsp3) is 0.333. The number of aliphatic carboxylic acids is 3. The van der Waals surface area contributed by atoms with Gasteiger partial charge >= 0.3 is 54.2 Å². The lowest BCUT2D eigenvalue weighted by molar-refractivity contribution is -0.156. The van der Waals surface area contributed by atoms with E-state index in [1.165, 1.54) is 0 Å². The Hall–Kier alpha value is -12.1. The molecular formula is C75H81N5O23. The van der Waals surface area contributed by atoms with Crippen LogP contribution >= 0.6 is 0 Å². The zero-order chi connectivity index (χ0) is 74.4. The lowest BCUT2D eigenvalue weighted by atomic mass is 9.84. The number of carbonyl (C=O) groups excluding carboxylic acids is 11. The number of amides is 5. The van der Waals surface area contributed by atoms with Gasteiger partial charge in [-0.3, -0.25) is 24.0 Å². The normalized spacial score (nSPS) is 13.7. The molecule has 5 amide bonds. The van der Waals surface area contributed by atoms with Crippen molar-refractivity contribution in [2.45, 2.75) is 100 Å². The molecule has 0 aromatic heterocycles. The number of alkyl carbamates (subject to hydrolysis) is 4. The van der Waals surface area contributed by atoms with Gasteiger partial charge in [-0.2, -0.15) is 0 Å². The van der Waals surface area contributed by atoms with Crippen LogP contribution < -0.4 is 26.6 Å². The number of Topliss-reactive ketones (excluding diaryl/α,β-unsaturated/α-hetero) is 1. The predicted molar refractivity (Wildman–Crippen MR) is 365 cm³/mol. The Morgan fingerprint density at radius 1 is 0.359 bits per heavy atom. The third kappa shape index (κ3) is 29.7. The molecule has 0 aliphatic heterocycles. The maximum Gasteiger partial charge on any atom is 0.407 e. The van der Waals surface area contributed by atoms with E-state index in [9.17, 15) is 82.4 Å². The number of benzene rings is 6. The van der Waals surface area contributed by atoms with Gasteiger partial charge in [0.2, 0.25) is 5.91 Å². The maximum absolute atomic E-state index is 14.7. The van der Waals surface area contributed by atoms with E-state index >= 15 is 0 Å². The van der Waals surface area contributed by atoms with Crippen LogP contribution in [0.2, 0.25) is 0 Å². The van der Waals surface area contributed by atoms with E-state index in [1.54, 1.807) is 182 Å². The number of rotatable bonds is 44. The highest BCUT2D eigenvalue weighted by Crippen LogP contribution is 2.28. The summed E-state index contributed by atoms with van der Waals surface area (Å²) in [5.41, 5.74) is -1.16. The van der Waals surface area contributed by atoms with Crippen LogP contribution in [0, 0.1) is 17.3 Å². The van der Waals surface area contributed by atoms with Gasteiger partial charge in [0.15, 0.2) is 0 Å². The Bertz CT molecular complexity index is 3420. The SMILES string of the molecule is O=CC(CC(=O)OCC(COC(=O)NC(C=O)Cc1ccccc1)(COC(=O)NC(C=O)Cc1ccccc1)NC(=O)CCC(=O)CC(COC(=O)CC(Cc1ccccc1)C(=O)O)(COC(=O)NC(Cc1ccccc1)C(=O)O)COC(=O)NC(Cc1ccccc1)C(=O)O)Cc1ccccc1. The van der Waals surface area contributed by atoms with E-state index in [0.29, 0.717) is 52.2 Å². The summed E-state index contributed by atoms with van der Waals surface area (Å²) in [5.74, 6) is -11.1. The fourth-order valence-electron chi connectivity index (χ4n) is 10.5. The van der Waals surface area contributed by atoms with E-state index in [2.05, 4.69) is 26.6 Å². The molecule has 0 aliphatic carbocycles. The second-order valence-corrected chi connectivity index (χ2v) is 24.5. The zero-order valence-electron chi connectivity index (χ0n) is 56.0. The lowest BCUT2D eigenvalue weighted by Gasteiger charge is -2.34. The summed E-state index contributed by atoms with van der Waals surface area (Å²) in [4.78, 5) is 187. The van der Waals surface area contributed by atoms with Gasteiger partial charge in [0.25, 0.3) is 0 Å². The van der Waals surface area contributed by atoms with Gasteiger partial charge in [0, 0.05) is 38.0 Å². The van der Waals surface area contributed by atoms with E-state index in [0.717, 1.165) is 0 Å². The quantitative estimate of drug-likeness (QED) is 0.0117. The zero-order valence-corrected chi connectivity index (χ0v) is 56.0. The highest BCUT2D eigenvalue weighted by atomic mass is 16.6. The molecule has 0 saturated heterocycles. The van der Waals surface area contributed by atoms with Crippen molar-refractivity contribution in [3.63, 3.8) is 0 Å². The minimum Gasteiger partial charge on any atom is -0.481 e. The highest BCUT2D eigenvalue weighted by Gasteiger charge is 2.42. The minimum absolute atomic E-state index is 0.0137. The van der Waals surface area contributed by atoms with E-state index in [-0.39, 0.29) is 38.5 Å². The average Bonchev–Trinajstić information content (AvgIpc) is 0.842. The molecule has 0 bridgehead atoms. The standard InChI is InChI=1S/C75H81N5O23/c81-42-57(33-51-19-7-1-8-20-51)39-65(86)99-48-75(49-102-70(94)76-59(43-82)35-53-23-11-3-12-24-53,50-103-71(95)77-60(44-83)36-54-25-13-4-14-26-54)80-64(85)32-31-61(84)41-74(45-98-66(87)40-58(67(88)89)34-52-21-9-2-10-22-52,46-100-72(96)78-62(68(90)91)37-55-27-15-5-16-28-55)47-101-73(97)79-63(69(92)93)38-56-29-17-6-18-30-56/h1-30,42-44,57-60,62-63H,31-41,45-50H2,(H,76,94)(H,77,95)(H,78,96)(H,79,97)(H,80,85)(H,88,89)(H,90,91)(H,92,93). The molecule has 0 heterocycles. The van der Waals surface area contributed by atoms with Crippen molar-refractivity contribution in [3.8, 4) is 0 Å². The molecule has 6 atom stereocenters. The Balaban J connectivity index is 1.33. The largest absolute Gasteiger partial charge is 0.481 e. The molecule has 6 unspecified atom stereocenters. The van der Waals surface area contributed by atoms with Crippen molar-refractivity contribution in [3.05, 3.63) is 215 Å². The average molecular weight is 1420 g/mol. The first-order valence-corrected chi connectivity index (χ1v) is 32.7. The van der Waals surface area contributed by atoms with Crippen molar-refractivity contribution in [1.82, 2.24) is 26.6 Å². The van der Waals surface area contributed by atoms with Gasteiger partial charge in [-0.1, -0.05) is 182 Å². The van der Waals surface area contributed by atoms with Crippen molar-refractivity contribution in [1.29, 1.82) is 0 Å². The number of ether oxygens (including phenoxy) is 6. The van der Waals surface area contributed by atoms with Crippen molar-refractivity contribution < 1.29 is 111 Å². The first-order chi connectivity index (χ1) is 49.5. The van der Waals surface area contributed by atoms with Gasteiger partial charge in [0.1, 0.15) is 81.9 Å². The monoisotopic (exact) mass is 1420 g/mol. The summed E-state index contributed by atoms with van der Waals surface area (Å²) in [5, 5.41) is 42.3. The molecule has 0 fully saturated rings. The summed E-state index contributed by atoms with van der Waals surface area (Å²) in [6.45, 7) is -6.29. The number of carboxylic acid groups (broad SMARTS) is 3. The van der Waals surface area contributed by atoms with Crippen LogP contribution in [0.5, 0.6) is 0 Å². The topological polar surface area (TPSA) is 415 Å². The number of nitrogens with one attached hydrogen (secondary N) is 5. The van der Waals surface area contributed by atoms with E-state index in [4.69, 9.17) is 28.4 Å². The molecule has 0 radical (unpaired) electrons. The lowest BCUT2D eigenvalue weighted by Crippen LogP contribution is -2.60. The Labute approximate surface area is 592 Å². The summed E-state index contributed by atoms with van der Waals surface area (Å²) >= 11 is 0. The van der Waals surface area contributed by atoms with E-state index in [1.807, 2.05) is 0 Å². The summed E-state index contributed by atoms with van der Waals surface area (Å²) in [6.07, 6.45) is -8.62. The van der Waals surface area contributed by atoms with Crippen LogP contribution in [0.25, 0.3) is 0 Å². The van der Waals surface area contributed by atoms with Crippen LogP contribution in [0.4, 0.5) is 19.2 Å². The predicted octanol–water partition coefficient (Wildman–Crippen LogP) is 6.35. The van der Waals surface area contributed by atoms with Crippen LogP contribution in [-0.2, 0) is 115 Å². The van der Waals surface area contributed by atoms with Gasteiger partial charge in [-0.15, -0.1) is 0 Å². The first-order valence-electron chi connectivity index (χ1n) is 32.7. The number of hydrogen-bond acceptors (Lipinski definition) is 20. The molecule has 6 aromatic rings. The molecule has 103 heavy (non-hydrogen) atoms. The highest BCUT2D eigenvalue weighted by molar-refractivity contribution is 5.87. The molecule has 6 rings (SSSR count). The van der Waals surface area contributed by atoms with Crippen LogP contribution in [0.3, 0.4) is 0 Å². The van der Waals surface area contributed by atoms with Gasteiger partial charge in [0.05, 0.1) is 36.3 Å². The molecule has 0 aliphatic rings. The Morgan fingerprint density at radius 3 is 1.07 bits per heavy atom. The molecule has 6 aromatic carbocycles. The summed E-state index contributed by atoms with van der Waals surface area (Å²) in [6, 6.07) is 44.4. The number of ketones is 1. The summed E-state index contributed by atoms with van der Waals surface area (Å²) < 4.78 is 33.7. The number of esters is 2. The molecule has 28 heteroatoms. The number of aldehydes is 3. The van der Waals surface area contributed by atoms with Crippen LogP contribution in [-0.4, -0.2) is 169 Å². The number of hydrogen-bond donors (Lipinski definition) is 8. The van der Waals surface area contributed by atoms with Gasteiger partial charge < -0.3 is 84.7 Å². The second-order valence-electron chi connectivity index (χ2n) is 24.5. The smallest absolute Gasteiger partial charge is 0.407 e. The maximum atomic E-state index is 14.7. The van der Waals surface area contributed by atoms with Gasteiger partial charge in [-0.25, -0.2) is 28.8 Å². The number of carboxylic acids is 3. The summed E-state index contributed by atoms with van der Waals surface area (Å²) in [7, 11) is 0. The third-order valence-corrected chi connectivity index (χ3v) is 16.0. The molecular weight excluding hydrogens is 1340 g/mol. The molecule has 8 N–H and O–H groups in total. The second kappa shape index (κ2) is 42.1. The first kappa shape index (κ1) is 79.9. The van der Waals surface area contributed by atoms with Crippen LogP contribution in [0.1, 0.15) is 65.5 Å². The minimum atomic E-state index is -2.34.